The molecule has 54 heavy (non-hydrogen) atoms. The Balaban J connectivity index is 1.48. The van der Waals surface area contributed by atoms with Crippen molar-refractivity contribution in [2.45, 2.75) is 96.3 Å². The number of nitriles is 1. The van der Waals surface area contributed by atoms with Crippen LogP contribution < -0.4 is 21.1 Å². The van der Waals surface area contributed by atoms with Crippen molar-refractivity contribution < 1.29 is 46.9 Å². The highest BCUT2D eigenvalue weighted by atomic mass is 31.2. The van der Waals surface area contributed by atoms with Gasteiger partial charge in [-0.3, -0.25) is 18.9 Å². The molecule has 2 aromatic heterocycles. The Morgan fingerprint density at radius 1 is 1.02 bits per heavy atom. The molecule has 5 N–H and O–H groups in total. The average Bonchev–Trinajstić information content (AvgIpc) is 3.70. The number of hydrogen-bond donors (Lipinski definition) is 3. The highest BCUT2D eigenvalue weighted by Gasteiger charge is 2.62. The summed E-state index contributed by atoms with van der Waals surface area (Å²) in [6, 6.07) is 12.2. The summed E-state index contributed by atoms with van der Waals surface area (Å²) >= 11 is 0. The zero-order valence-electron chi connectivity index (χ0n) is 31.0. The Morgan fingerprint density at radius 3 is 2.33 bits per heavy atom. The van der Waals surface area contributed by atoms with Crippen LogP contribution in [0.2, 0.25) is 0 Å². The first kappa shape index (κ1) is 40.6. The SMILES string of the molecule is CC(C)C(=O)O[C@H]1[C@H](c2ccc3c(N)ncnn23)O[C@](C#N)(CO[P@@](=O)(N[C@@H](C)C(=O)OCC2CCC(N)CC2)Oc2ccccc2)[C@H]1OC(=O)C(C)C. The summed E-state index contributed by atoms with van der Waals surface area (Å²) < 4.78 is 51.6. The van der Waals surface area contributed by atoms with E-state index in [2.05, 4.69) is 15.2 Å². The van der Waals surface area contributed by atoms with Gasteiger partial charge in [-0.25, -0.2) is 14.1 Å². The summed E-state index contributed by atoms with van der Waals surface area (Å²) in [5.41, 5.74) is 10.5. The molecule has 1 aromatic carbocycles. The molecule has 0 unspecified atom stereocenters. The summed E-state index contributed by atoms with van der Waals surface area (Å²) in [4.78, 5) is 43.5. The van der Waals surface area contributed by atoms with Crippen molar-refractivity contribution in [1.82, 2.24) is 19.7 Å². The number of hydrogen-bond acceptors (Lipinski definition) is 15. The van der Waals surface area contributed by atoms with Gasteiger partial charge in [0.15, 0.2) is 18.0 Å². The molecule has 3 aromatic rings. The molecular weight excluding hydrogens is 721 g/mol. The molecule has 1 saturated heterocycles. The molecule has 2 fully saturated rings. The third-order valence-electron chi connectivity index (χ3n) is 9.30. The molecule has 0 amide bonds. The Labute approximate surface area is 313 Å². The van der Waals surface area contributed by atoms with Crippen molar-refractivity contribution in [1.29, 1.82) is 5.26 Å². The first-order chi connectivity index (χ1) is 25.6. The smallest absolute Gasteiger partial charge is 0.459 e. The maximum absolute atomic E-state index is 14.6. The molecule has 0 spiro atoms. The van der Waals surface area contributed by atoms with Gasteiger partial charge in [0.2, 0.25) is 5.60 Å². The number of carbonyl (C=O) groups is 3. The van der Waals surface area contributed by atoms with Crippen molar-refractivity contribution in [3.05, 3.63) is 54.5 Å². The van der Waals surface area contributed by atoms with Crippen LogP contribution in [0, 0.1) is 29.1 Å². The number of benzene rings is 1. The molecule has 18 heteroatoms. The number of nitrogen functional groups attached to an aromatic ring is 1. The Kier molecular flexibility index (Phi) is 13.0. The van der Waals surface area contributed by atoms with Gasteiger partial charge in [0.05, 0.1) is 24.1 Å². The van der Waals surface area contributed by atoms with E-state index in [1.165, 1.54) is 29.9 Å². The molecule has 5 rings (SSSR count). The molecule has 0 bridgehead atoms. The lowest BCUT2D eigenvalue weighted by atomic mass is 9.87. The summed E-state index contributed by atoms with van der Waals surface area (Å²) in [5, 5.41) is 17.8. The number of nitrogens with two attached hydrogens (primary N) is 2. The standard InChI is InChI=1S/C36H48N7O10P/c1-21(2)33(44)50-30-29(27-15-16-28-32(39)40-20-41-43(27)28)52-36(18-37,31(30)51-34(45)22(3)4)19-49-54(47,53-26-9-7-6-8-10-26)42-23(5)35(46)48-17-24-11-13-25(38)14-12-24/h6-10,15-16,20-25,29-31H,11-14,17,19,38H2,1-5H3,(H,42,47)(H2,39,40,41)/t23-,24?,25?,29-,30-,31-,36+,54-/m0/s1. The summed E-state index contributed by atoms with van der Waals surface area (Å²) in [5.74, 6) is -3.00. The van der Waals surface area contributed by atoms with E-state index in [1.54, 1.807) is 58.0 Å². The van der Waals surface area contributed by atoms with Crippen LogP contribution in [0.3, 0.4) is 0 Å². The second-order valence-corrected chi connectivity index (χ2v) is 15.9. The van der Waals surface area contributed by atoms with Crippen LogP contribution in [0.25, 0.3) is 5.52 Å². The van der Waals surface area contributed by atoms with Gasteiger partial charge >= 0.3 is 25.7 Å². The van der Waals surface area contributed by atoms with Gasteiger partial charge in [-0.15, -0.1) is 0 Å². The van der Waals surface area contributed by atoms with Crippen molar-refractivity contribution in [3.8, 4) is 11.8 Å². The van der Waals surface area contributed by atoms with Gasteiger partial charge in [-0.2, -0.15) is 15.4 Å². The summed E-state index contributed by atoms with van der Waals surface area (Å²) in [6.45, 7) is 7.15. The Hall–Kier alpha value is -4.59. The van der Waals surface area contributed by atoms with E-state index in [0.717, 1.165) is 25.7 Å². The van der Waals surface area contributed by atoms with E-state index in [4.69, 9.17) is 39.5 Å². The molecule has 17 nitrogen and oxygen atoms in total. The number of nitrogens with one attached hydrogen (secondary N) is 1. The van der Waals surface area contributed by atoms with Gasteiger partial charge in [0.25, 0.3) is 0 Å². The van der Waals surface area contributed by atoms with Gasteiger partial charge in [0, 0.05) is 6.04 Å². The molecule has 0 radical (unpaired) electrons. The van der Waals surface area contributed by atoms with Crippen LogP contribution in [0.4, 0.5) is 5.82 Å². The van der Waals surface area contributed by atoms with Crippen molar-refractivity contribution in [2.24, 2.45) is 23.5 Å². The second-order valence-electron chi connectivity index (χ2n) is 14.2. The number of aromatic nitrogens is 3. The molecule has 1 saturated carbocycles. The van der Waals surface area contributed by atoms with Gasteiger partial charge < -0.3 is 34.9 Å². The summed E-state index contributed by atoms with van der Waals surface area (Å²) in [6.07, 6.45) is 0.192. The van der Waals surface area contributed by atoms with Gasteiger partial charge in [-0.05, 0) is 62.8 Å². The van der Waals surface area contributed by atoms with Gasteiger partial charge in [0.1, 0.15) is 42.4 Å². The van der Waals surface area contributed by atoms with Crippen LogP contribution in [-0.4, -0.2) is 75.6 Å². The molecule has 292 valence electrons. The minimum absolute atomic E-state index is 0.118. The monoisotopic (exact) mass is 769 g/mol. The van der Waals surface area contributed by atoms with Crippen molar-refractivity contribution in [3.63, 3.8) is 0 Å². The van der Waals surface area contributed by atoms with E-state index in [-0.39, 0.29) is 35.8 Å². The fourth-order valence-electron chi connectivity index (χ4n) is 6.12. The van der Waals surface area contributed by atoms with Crippen LogP contribution in [0.15, 0.2) is 48.8 Å². The number of para-hydroxylation sites is 1. The number of fused-ring (bicyclic) bond motifs is 1. The van der Waals surface area contributed by atoms with E-state index in [9.17, 15) is 24.2 Å². The highest BCUT2D eigenvalue weighted by Crippen LogP contribution is 2.50. The lowest BCUT2D eigenvalue weighted by Crippen LogP contribution is -2.50. The number of rotatable bonds is 15. The summed E-state index contributed by atoms with van der Waals surface area (Å²) in [7, 11) is -4.58. The molecule has 2 aliphatic rings. The van der Waals surface area contributed by atoms with Crippen LogP contribution in [0.5, 0.6) is 5.75 Å². The predicted molar refractivity (Wildman–Crippen MR) is 193 cm³/mol. The number of carbonyl (C=O) groups excluding carboxylic acids is 3. The number of anilines is 1. The minimum atomic E-state index is -4.58. The van der Waals surface area contributed by atoms with Gasteiger partial charge in [-0.1, -0.05) is 45.9 Å². The number of ether oxygens (including phenoxy) is 4. The quantitative estimate of drug-likeness (QED) is 0.112. The topological polar surface area (TPSA) is 242 Å². The minimum Gasteiger partial charge on any atom is -0.464 e. The van der Waals surface area contributed by atoms with E-state index in [1.807, 2.05) is 6.07 Å². The largest absolute Gasteiger partial charge is 0.464 e. The maximum Gasteiger partial charge on any atom is 0.459 e. The zero-order chi connectivity index (χ0) is 39.2. The Morgan fingerprint density at radius 2 is 1.69 bits per heavy atom. The Bertz CT molecular complexity index is 1880. The fraction of sp³-hybridized carbons (Fsp3) is 0.556. The molecule has 6 atom stereocenters. The highest BCUT2D eigenvalue weighted by molar-refractivity contribution is 7.52. The van der Waals surface area contributed by atoms with Crippen molar-refractivity contribution >= 4 is 37.0 Å². The van der Waals surface area contributed by atoms with E-state index in [0.29, 0.717) is 5.52 Å². The predicted octanol–water partition coefficient (Wildman–Crippen LogP) is 4.02. The second kappa shape index (κ2) is 17.3. The molecule has 1 aliphatic heterocycles. The molecule has 3 heterocycles. The normalized spacial score (nSPS) is 25.8. The zero-order valence-corrected chi connectivity index (χ0v) is 31.8. The average molecular weight is 770 g/mol. The van der Waals surface area contributed by atoms with E-state index < -0.39 is 74.1 Å². The lowest BCUT2D eigenvalue weighted by molar-refractivity contribution is -0.173. The first-order valence-electron chi connectivity index (χ1n) is 17.9. The first-order valence-corrected chi connectivity index (χ1v) is 19.5. The third-order valence-corrected chi connectivity index (χ3v) is 10.9. The number of nitrogens with zero attached hydrogens (tertiary/aromatic N) is 4. The maximum atomic E-state index is 14.6. The third kappa shape index (κ3) is 9.37. The molecular formula is C36H48N7O10P. The fourth-order valence-corrected chi connectivity index (χ4v) is 7.64. The molecule has 1 aliphatic carbocycles. The van der Waals surface area contributed by atoms with Crippen LogP contribution in [-0.2, 0) is 42.4 Å². The lowest BCUT2D eigenvalue weighted by Gasteiger charge is -2.31. The van der Waals surface area contributed by atoms with Crippen LogP contribution in [0.1, 0.15) is 72.1 Å². The van der Waals surface area contributed by atoms with Crippen LogP contribution >= 0.6 is 7.75 Å². The van der Waals surface area contributed by atoms with E-state index >= 15 is 0 Å². The number of esters is 3. The van der Waals surface area contributed by atoms with Crippen molar-refractivity contribution in [2.75, 3.05) is 18.9 Å².